The van der Waals surface area contributed by atoms with Gasteiger partial charge >= 0.3 is 5.97 Å². The van der Waals surface area contributed by atoms with E-state index in [0.29, 0.717) is 10.6 Å². The van der Waals surface area contributed by atoms with E-state index in [1.807, 2.05) is 36.6 Å². The van der Waals surface area contributed by atoms with Crippen molar-refractivity contribution in [2.45, 2.75) is 4.90 Å². The first-order valence-corrected chi connectivity index (χ1v) is 7.14. The van der Waals surface area contributed by atoms with Crippen LogP contribution in [0.2, 0.25) is 5.02 Å². The van der Waals surface area contributed by atoms with Gasteiger partial charge in [-0.15, -0.1) is 11.8 Å². The van der Waals surface area contributed by atoms with Crippen molar-refractivity contribution in [1.29, 1.82) is 0 Å². The third-order valence-electron chi connectivity index (χ3n) is 2.63. The highest BCUT2D eigenvalue weighted by Gasteiger charge is 2.13. The van der Waals surface area contributed by atoms with Crippen LogP contribution in [0.5, 0.6) is 0 Å². The van der Waals surface area contributed by atoms with E-state index in [2.05, 4.69) is 4.98 Å². The molecule has 0 N–H and O–H groups in total. The molecule has 0 radical (unpaired) electrons. The van der Waals surface area contributed by atoms with Crippen molar-refractivity contribution in [1.82, 2.24) is 4.98 Å². The van der Waals surface area contributed by atoms with Crippen LogP contribution < -0.4 is 0 Å². The van der Waals surface area contributed by atoms with Gasteiger partial charge in [-0.2, -0.15) is 0 Å². The number of ether oxygens (including phenoxy) is 1. The fraction of sp³-hybridized carbons (Fsp3) is 0.143. The van der Waals surface area contributed by atoms with E-state index in [9.17, 15) is 4.79 Å². The highest BCUT2D eigenvalue weighted by atomic mass is 35.5. The van der Waals surface area contributed by atoms with Crippen LogP contribution in [-0.2, 0) is 4.74 Å². The Hall–Kier alpha value is -1.52. The SMILES string of the molecule is COC(=O)c1cnc(-c2ccc(Cl)cc2)cc1SC. The van der Waals surface area contributed by atoms with Crippen LogP contribution in [0.4, 0.5) is 0 Å². The summed E-state index contributed by atoms with van der Waals surface area (Å²) in [5, 5.41) is 0.681. The molecule has 0 aliphatic rings. The molecule has 2 aromatic rings. The normalized spacial score (nSPS) is 10.3. The number of rotatable bonds is 3. The Balaban J connectivity index is 2.44. The first-order valence-electron chi connectivity index (χ1n) is 5.54. The molecule has 19 heavy (non-hydrogen) atoms. The van der Waals surface area contributed by atoms with Crippen LogP contribution in [0, 0.1) is 0 Å². The van der Waals surface area contributed by atoms with Gasteiger partial charge in [0.25, 0.3) is 0 Å². The topological polar surface area (TPSA) is 39.2 Å². The van der Waals surface area contributed by atoms with Crippen LogP contribution in [-0.4, -0.2) is 24.3 Å². The first-order chi connectivity index (χ1) is 9.15. The average molecular weight is 294 g/mol. The van der Waals surface area contributed by atoms with Crippen LogP contribution in [0.3, 0.4) is 0 Å². The summed E-state index contributed by atoms with van der Waals surface area (Å²) in [7, 11) is 1.36. The lowest BCUT2D eigenvalue weighted by Crippen LogP contribution is -2.04. The third-order valence-corrected chi connectivity index (χ3v) is 3.66. The van der Waals surface area contributed by atoms with Crippen molar-refractivity contribution in [3.8, 4) is 11.3 Å². The van der Waals surface area contributed by atoms with E-state index < -0.39 is 0 Å². The Kier molecular flexibility index (Phi) is 4.45. The van der Waals surface area contributed by atoms with Gasteiger partial charge in [0.2, 0.25) is 0 Å². The van der Waals surface area contributed by atoms with E-state index in [0.717, 1.165) is 16.2 Å². The predicted molar refractivity (Wildman–Crippen MR) is 77.8 cm³/mol. The molecule has 0 saturated carbocycles. The molecule has 0 bridgehead atoms. The Morgan fingerprint density at radius 2 is 2.00 bits per heavy atom. The predicted octanol–water partition coefficient (Wildman–Crippen LogP) is 3.91. The quantitative estimate of drug-likeness (QED) is 0.635. The number of esters is 1. The molecule has 0 fully saturated rings. The maximum absolute atomic E-state index is 11.6. The second-order valence-electron chi connectivity index (χ2n) is 3.77. The Labute approximate surface area is 121 Å². The maximum atomic E-state index is 11.6. The molecule has 1 aromatic heterocycles. The van der Waals surface area contributed by atoms with Crippen molar-refractivity contribution in [3.05, 3.63) is 47.1 Å². The fourth-order valence-electron chi connectivity index (χ4n) is 1.65. The number of methoxy groups -OCH3 is 1. The summed E-state index contributed by atoms with van der Waals surface area (Å²) in [5.41, 5.74) is 2.23. The highest BCUT2D eigenvalue weighted by Crippen LogP contribution is 2.27. The van der Waals surface area contributed by atoms with Gasteiger partial charge in [-0.25, -0.2) is 4.79 Å². The Morgan fingerprint density at radius 3 is 2.58 bits per heavy atom. The lowest BCUT2D eigenvalue weighted by Gasteiger charge is -2.08. The number of carbonyl (C=O) groups is 1. The Bertz CT molecular complexity index is 599. The van der Waals surface area contributed by atoms with Crippen LogP contribution in [0.15, 0.2) is 41.4 Å². The molecule has 1 heterocycles. The third kappa shape index (κ3) is 3.08. The van der Waals surface area contributed by atoms with Crippen molar-refractivity contribution in [3.63, 3.8) is 0 Å². The van der Waals surface area contributed by atoms with Gasteiger partial charge in [-0.1, -0.05) is 23.7 Å². The minimum atomic E-state index is -0.375. The molecular formula is C14H12ClNO2S. The van der Waals surface area contributed by atoms with Crippen molar-refractivity contribution >= 4 is 29.3 Å². The molecule has 0 saturated heterocycles. The number of benzene rings is 1. The summed E-state index contributed by atoms with van der Waals surface area (Å²) in [5.74, 6) is -0.375. The number of hydrogen-bond acceptors (Lipinski definition) is 4. The second-order valence-corrected chi connectivity index (χ2v) is 5.05. The van der Waals surface area contributed by atoms with E-state index >= 15 is 0 Å². The number of nitrogens with zero attached hydrogens (tertiary/aromatic N) is 1. The molecule has 3 nitrogen and oxygen atoms in total. The van der Waals surface area contributed by atoms with Crippen LogP contribution >= 0.6 is 23.4 Å². The minimum Gasteiger partial charge on any atom is -0.465 e. The summed E-state index contributed by atoms with van der Waals surface area (Å²) >= 11 is 7.34. The molecule has 0 aliphatic heterocycles. The van der Waals surface area contributed by atoms with Crippen molar-refractivity contribution in [2.24, 2.45) is 0 Å². The Morgan fingerprint density at radius 1 is 1.32 bits per heavy atom. The lowest BCUT2D eigenvalue weighted by atomic mass is 10.1. The van der Waals surface area contributed by atoms with Gasteiger partial charge in [0.05, 0.1) is 18.4 Å². The molecule has 0 amide bonds. The maximum Gasteiger partial charge on any atom is 0.340 e. The number of halogens is 1. The molecule has 5 heteroatoms. The summed E-state index contributed by atoms with van der Waals surface area (Å²) in [6.45, 7) is 0. The zero-order valence-corrected chi connectivity index (χ0v) is 12.1. The summed E-state index contributed by atoms with van der Waals surface area (Å²) in [4.78, 5) is 16.7. The van der Waals surface area contributed by atoms with Gasteiger partial charge in [0.1, 0.15) is 0 Å². The monoisotopic (exact) mass is 293 g/mol. The smallest absolute Gasteiger partial charge is 0.340 e. The second kappa shape index (κ2) is 6.08. The van der Waals surface area contributed by atoms with Gasteiger partial charge in [-0.3, -0.25) is 4.98 Å². The van der Waals surface area contributed by atoms with Crippen LogP contribution in [0.1, 0.15) is 10.4 Å². The first kappa shape index (κ1) is 13.9. The minimum absolute atomic E-state index is 0.375. The molecule has 0 aliphatic carbocycles. The summed E-state index contributed by atoms with van der Waals surface area (Å²) < 4.78 is 4.73. The molecule has 0 spiro atoms. The van der Waals surface area contributed by atoms with E-state index in [-0.39, 0.29) is 5.97 Å². The van der Waals surface area contributed by atoms with E-state index in [1.54, 1.807) is 6.20 Å². The molecular weight excluding hydrogens is 282 g/mol. The number of hydrogen-bond donors (Lipinski definition) is 0. The number of pyridine rings is 1. The zero-order valence-electron chi connectivity index (χ0n) is 10.5. The number of aromatic nitrogens is 1. The fourth-order valence-corrected chi connectivity index (χ4v) is 2.36. The van der Waals surface area contributed by atoms with E-state index in [1.165, 1.54) is 18.9 Å². The van der Waals surface area contributed by atoms with E-state index in [4.69, 9.17) is 16.3 Å². The molecule has 0 unspecified atom stereocenters. The van der Waals surface area contributed by atoms with Crippen molar-refractivity contribution < 1.29 is 9.53 Å². The van der Waals surface area contributed by atoms with Gasteiger partial charge in [0.15, 0.2) is 0 Å². The largest absolute Gasteiger partial charge is 0.465 e. The van der Waals surface area contributed by atoms with Gasteiger partial charge in [0, 0.05) is 21.7 Å². The highest BCUT2D eigenvalue weighted by molar-refractivity contribution is 7.98. The molecule has 2 rings (SSSR count). The summed E-state index contributed by atoms with van der Waals surface area (Å²) in [6.07, 6.45) is 3.45. The summed E-state index contributed by atoms with van der Waals surface area (Å²) in [6, 6.07) is 9.29. The zero-order chi connectivity index (χ0) is 13.8. The average Bonchev–Trinajstić information content (AvgIpc) is 2.46. The van der Waals surface area contributed by atoms with Gasteiger partial charge < -0.3 is 4.74 Å². The van der Waals surface area contributed by atoms with Crippen LogP contribution in [0.25, 0.3) is 11.3 Å². The molecule has 1 aromatic carbocycles. The van der Waals surface area contributed by atoms with Crippen molar-refractivity contribution in [2.75, 3.05) is 13.4 Å². The standard InChI is InChI=1S/C14H12ClNO2S/c1-18-14(17)11-8-16-12(7-13(11)19-2)9-3-5-10(15)6-4-9/h3-8H,1-2H3. The van der Waals surface area contributed by atoms with Gasteiger partial charge in [-0.05, 0) is 24.5 Å². The lowest BCUT2D eigenvalue weighted by molar-refractivity contribution is 0.0596. The number of thioether (sulfide) groups is 1. The molecule has 0 atom stereocenters. The molecule has 98 valence electrons. The number of carbonyl (C=O) groups excluding carboxylic acids is 1.